The molecule has 0 aromatic carbocycles. The summed E-state index contributed by atoms with van der Waals surface area (Å²) in [4.78, 5) is 0. The fourth-order valence-electron chi connectivity index (χ4n) is 1.57. The molecule has 0 amide bonds. The normalized spacial score (nSPS) is 13.4. The smallest absolute Gasteiger partial charge is 0.0562 e. The second kappa shape index (κ2) is 10.4. The van der Waals surface area contributed by atoms with Crippen molar-refractivity contribution in [1.29, 1.82) is 0 Å². The average Bonchev–Trinajstić information content (AvgIpc) is 2.17. The van der Waals surface area contributed by atoms with E-state index >= 15 is 0 Å². The van der Waals surface area contributed by atoms with Crippen LogP contribution in [0.25, 0.3) is 0 Å². The van der Waals surface area contributed by atoms with Crippen LogP contribution in [0.3, 0.4) is 0 Å². The van der Waals surface area contributed by atoms with Crippen LogP contribution < -0.4 is 0 Å². The maximum atomic E-state index is 9.64. The standard InChI is InChI=1S/C13H28O2/c1-4-5-6-7-8-9-13(14)10-11-15-12(2)3/h12-14H,4-11H2,1-3H3. The van der Waals surface area contributed by atoms with Gasteiger partial charge >= 0.3 is 0 Å². The van der Waals surface area contributed by atoms with Crippen LogP contribution in [0.5, 0.6) is 0 Å². The molecule has 92 valence electrons. The van der Waals surface area contributed by atoms with Crippen molar-refractivity contribution >= 4 is 0 Å². The molecule has 0 saturated heterocycles. The van der Waals surface area contributed by atoms with Gasteiger partial charge in [-0.05, 0) is 26.7 Å². The average molecular weight is 216 g/mol. The van der Waals surface area contributed by atoms with E-state index in [2.05, 4.69) is 6.92 Å². The van der Waals surface area contributed by atoms with Crippen molar-refractivity contribution in [2.45, 2.75) is 77.9 Å². The maximum absolute atomic E-state index is 9.64. The Kier molecular flexibility index (Phi) is 10.4. The van der Waals surface area contributed by atoms with E-state index < -0.39 is 0 Å². The summed E-state index contributed by atoms with van der Waals surface area (Å²) in [5.74, 6) is 0. The Labute approximate surface area is 95.0 Å². The van der Waals surface area contributed by atoms with Crippen molar-refractivity contribution in [2.75, 3.05) is 6.61 Å². The molecule has 1 N–H and O–H groups in total. The summed E-state index contributed by atoms with van der Waals surface area (Å²) in [6, 6.07) is 0. The lowest BCUT2D eigenvalue weighted by Crippen LogP contribution is -2.13. The minimum Gasteiger partial charge on any atom is -0.393 e. The van der Waals surface area contributed by atoms with Crippen molar-refractivity contribution in [3.05, 3.63) is 0 Å². The summed E-state index contributed by atoms with van der Waals surface area (Å²) in [7, 11) is 0. The van der Waals surface area contributed by atoms with E-state index in [1.807, 2.05) is 13.8 Å². The third-order valence-corrected chi connectivity index (χ3v) is 2.54. The van der Waals surface area contributed by atoms with Crippen molar-refractivity contribution in [1.82, 2.24) is 0 Å². The van der Waals surface area contributed by atoms with Crippen molar-refractivity contribution in [3.63, 3.8) is 0 Å². The van der Waals surface area contributed by atoms with Crippen LogP contribution in [-0.4, -0.2) is 23.9 Å². The lowest BCUT2D eigenvalue weighted by molar-refractivity contribution is 0.0440. The molecule has 1 unspecified atom stereocenters. The van der Waals surface area contributed by atoms with Gasteiger partial charge < -0.3 is 9.84 Å². The van der Waals surface area contributed by atoms with Gasteiger partial charge in [-0.3, -0.25) is 0 Å². The summed E-state index contributed by atoms with van der Waals surface area (Å²) < 4.78 is 5.40. The van der Waals surface area contributed by atoms with Crippen LogP contribution in [0, 0.1) is 0 Å². The predicted molar refractivity (Wildman–Crippen MR) is 65.1 cm³/mol. The zero-order valence-electron chi connectivity index (χ0n) is 10.7. The molecule has 15 heavy (non-hydrogen) atoms. The molecule has 0 rings (SSSR count). The van der Waals surface area contributed by atoms with Crippen molar-refractivity contribution in [3.8, 4) is 0 Å². The van der Waals surface area contributed by atoms with Crippen LogP contribution in [0.2, 0.25) is 0 Å². The second-order valence-electron chi connectivity index (χ2n) is 4.56. The monoisotopic (exact) mass is 216 g/mol. The third-order valence-electron chi connectivity index (χ3n) is 2.54. The van der Waals surface area contributed by atoms with Crippen LogP contribution in [0.1, 0.15) is 65.7 Å². The van der Waals surface area contributed by atoms with E-state index in [1.54, 1.807) is 0 Å². The number of aliphatic hydroxyl groups is 1. The van der Waals surface area contributed by atoms with E-state index in [1.165, 1.54) is 25.7 Å². The third kappa shape index (κ3) is 11.8. The first-order valence-electron chi connectivity index (χ1n) is 6.46. The summed E-state index contributed by atoms with van der Waals surface area (Å²) in [6.45, 7) is 6.96. The summed E-state index contributed by atoms with van der Waals surface area (Å²) >= 11 is 0. The molecule has 0 fully saturated rings. The van der Waals surface area contributed by atoms with Gasteiger partial charge in [-0.25, -0.2) is 0 Å². The van der Waals surface area contributed by atoms with Gasteiger partial charge in [-0.1, -0.05) is 39.0 Å². The first kappa shape index (κ1) is 14.9. The molecule has 0 aromatic rings. The summed E-state index contributed by atoms with van der Waals surface area (Å²) in [5, 5.41) is 9.64. The highest BCUT2D eigenvalue weighted by Gasteiger charge is 2.04. The fraction of sp³-hybridized carbons (Fsp3) is 1.00. The molecular formula is C13H28O2. The first-order chi connectivity index (χ1) is 7.16. The second-order valence-corrected chi connectivity index (χ2v) is 4.56. The van der Waals surface area contributed by atoms with Crippen LogP contribution >= 0.6 is 0 Å². The number of rotatable bonds is 10. The van der Waals surface area contributed by atoms with Gasteiger partial charge in [0.05, 0.1) is 12.2 Å². The molecule has 0 aliphatic carbocycles. The van der Waals surface area contributed by atoms with Crippen LogP contribution in [0.4, 0.5) is 0 Å². The molecule has 0 heterocycles. The lowest BCUT2D eigenvalue weighted by atomic mass is 10.1. The summed E-state index contributed by atoms with van der Waals surface area (Å²) in [5.41, 5.74) is 0. The maximum Gasteiger partial charge on any atom is 0.0562 e. The zero-order valence-corrected chi connectivity index (χ0v) is 10.7. The molecule has 0 radical (unpaired) electrons. The van der Waals surface area contributed by atoms with Crippen molar-refractivity contribution < 1.29 is 9.84 Å². The molecule has 0 aromatic heterocycles. The molecule has 0 aliphatic rings. The zero-order chi connectivity index (χ0) is 11.5. The van der Waals surface area contributed by atoms with E-state index in [9.17, 15) is 5.11 Å². The van der Waals surface area contributed by atoms with Gasteiger partial charge in [0.2, 0.25) is 0 Å². The van der Waals surface area contributed by atoms with E-state index in [-0.39, 0.29) is 12.2 Å². The largest absolute Gasteiger partial charge is 0.393 e. The molecule has 0 aliphatic heterocycles. The topological polar surface area (TPSA) is 29.5 Å². The van der Waals surface area contributed by atoms with Crippen molar-refractivity contribution in [2.24, 2.45) is 0 Å². The molecule has 2 heteroatoms. The fourth-order valence-corrected chi connectivity index (χ4v) is 1.57. The van der Waals surface area contributed by atoms with E-state index in [4.69, 9.17) is 4.74 Å². The minimum atomic E-state index is -0.162. The highest BCUT2D eigenvalue weighted by Crippen LogP contribution is 2.09. The molecule has 2 nitrogen and oxygen atoms in total. The van der Waals surface area contributed by atoms with Gasteiger partial charge in [-0.15, -0.1) is 0 Å². The van der Waals surface area contributed by atoms with Crippen LogP contribution in [0.15, 0.2) is 0 Å². The van der Waals surface area contributed by atoms with E-state index in [0.29, 0.717) is 6.61 Å². The quantitative estimate of drug-likeness (QED) is 0.566. The Morgan fingerprint density at radius 2 is 1.67 bits per heavy atom. The van der Waals surface area contributed by atoms with Crippen LogP contribution in [-0.2, 0) is 4.74 Å². The number of hydrogen-bond acceptors (Lipinski definition) is 2. The van der Waals surface area contributed by atoms with Gasteiger partial charge in [0, 0.05) is 6.61 Å². The number of aliphatic hydroxyl groups excluding tert-OH is 1. The Morgan fingerprint density at radius 3 is 2.27 bits per heavy atom. The highest BCUT2D eigenvalue weighted by atomic mass is 16.5. The Morgan fingerprint density at radius 1 is 1.00 bits per heavy atom. The number of ether oxygens (including phenoxy) is 1. The van der Waals surface area contributed by atoms with Gasteiger partial charge in [0.25, 0.3) is 0 Å². The van der Waals surface area contributed by atoms with Gasteiger partial charge in [-0.2, -0.15) is 0 Å². The molecule has 0 saturated carbocycles. The summed E-state index contributed by atoms with van der Waals surface area (Å²) in [6.07, 6.45) is 8.17. The molecular weight excluding hydrogens is 188 g/mol. The number of unbranched alkanes of at least 4 members (excludes halogenated alkanes) is 4. The molecule has 1 atom stereocenters. The van der Waals surface area contributed by atoms with E-state index in [0.717, 1.165) is 19.3 Å². The van der Waals surface area contributed by atoms with Gasteiger partial charge in [0.15, 0.2) is 0 Å². The Balaban J connectivity index is 3.15. The molecule has 0 spiro atoms. The predicted octanol–water partition coefficient (Wildman–Crippen LogP) is 3.52. The minimum absolute atomic E-state index is 0.162. The lowest BCUT2D eigenvalue weighted by Gasteiger charge is -2.12. The highest BCUT2D eigenvalue weighted by molar-refractivity contribution is 4.56. The number of hydrogen-bond donors (Lipinski definition) is 1. The Bertz CT molecular complexity index is 124. The first-order valence-corrected chi connectivity index (χ1v) is 6.46. The Hall–Kier alpha value is -0.0800. The van der Waals surface area contributed by atoms with Gasteiger partial charge in [0.1, 0.15) is 0 Å². The molecule has 0 bridgehead atoms. The SMILES string of the molecule is CCCCCCCC(O)CCOC(C)C.